The maximum Gasteiger partial charge on any atom is 0.207 e. The summed E-state index contributed by atoms with van der Waals surface area (Å²) in [5, 5.41) is 0.943. The first-order chi connectivity index (χ1) is 7.22. The molecule has 0 bridgehead atoms. The van der Waals surface area contributed by atoms with Crippen LogP contribution < -0.4 is 5.43 Å². The van der Waals surface area contributed by atoms with Crippen LogP contribution in [0.5, 0.6) is 0 Å². The fraction of sp³-hybridized carbons (Fsp3) is 0.0909. The van der Waals surface area contributed by atoms with E-state index in [-0.39, 0.29) is 10.5 Å². The number of H-pyrrole nitrogens is 1. The lowest BCUT2D eigenvalue weighted by Gasteiger charge is -2.04. The number of methoxy groups -OCH3 is 1. The number of aromatic nitrogens is 1. The van der Waals surface area contributed by atoms with Crippen molar-refractivity contribution in [2.24, 2.45) is 0 Å². The van der Waals surface area contributed by atoms with Gasteiger partial charge in [0.05, 0.1) is 12.8 Å². The van der Waals surface area contributed by atoms with Gasteiger partial charge in [-0.2, -0.15) is 0 Å². The van der Waals surface area contributed by atoms with E-state index in [1.807, 2.05) is 18.2 Å². The highest BCUT2D eigenvalue weighted by molar-refractivity contribution is 7.80. The van der Waals surface area contributed by atoms with E-state index in [0.717, 1.165) is 5.52 Å². The van der Waals surface area contributed by atoms with Crippen LogP contribution in [0.25, 0.3) is 10.9 Å². The average Bonchev–Trinajstić information content (AvgIpc) is 2.28. The second-order valence-electron chi connectivity index (χ2n) is 3.08. The molecule has 0 fully saturated rings. The van der Waals surface area contributed by atoms with Gasteiger partial charge in [0, 0.05) is 17.0 Å². The van der Waals surface area contributed by atoms with Crippen molar-refractivity contribution < 1.29 is 4.74 Å². The molecule has 0 radical (unpaired) electrons. The first kappa shape index (κ1) is 9.86. The zero-order valence-corrected chi connectivity index (χ0v) is 8.93. The van der Waals surface area contributed by atoms with Crippen LogP contribution in [0.2, 0.25) is 0 Å². The van der Waals surface area contributed by atoms with Crippen molar-refractivity contribution in [1.29, 1.82) is 0 Å². The van der Waals surface area contributed by atoms with Gasteiger partial charge in [-0.25, -0.2) is 0 Å². The molecule has 1 aromatic carbocycles. The number of rotatable bonds is 1. The minimum absolute atomic E-state index is 0.0567. The molecular weight excluding hydrogens is 210 g/mol. The van der Waals surface area contributed by atoms with E-state index < -0.39 is 0 Å². The van der Waals surface area contributed by atoms with Crippen LogP contribution in [-0.2, 0) is 4.74 Å². The fourth-order valence-electron chi connectivity index (χ4n) is 1.42. The quantitative estimate of drug-likeness (QED) is 0.744. The maximum absolute atomic E-state index is 11.7. The Balaban J connectivity index is 2.73. The van der Waals surface area contributed by atoms with Gasteiger partial charge in [-0.3, -0.25) is 4.79 Å². The molecule has 1 N–H and O–H groups in total. The molecule has 0 aliphatic heterocycles. The lowest BCUT2D eigenvalue weighted by Crippen LogP contribution is -2.10. The van der Waals surface area contributed by atoms with Crippen molar-refractivity contribution in [1.82, 2.24) is 4.98 Å². The highest BCUT2D eigenvalue weighted by Gasteiger charge is 2.05. The third kappa shape index (κ3) is 1.76. The molecule has 0 atom stereocenters. The predicted molar refractivity (Wildman–Crippen MR) is 63.3 cm³/mol. The van der Waals surface area contributed by atoms with Crippen LogP contribution in [0.15, 0.2) is 35.1 Å². The molecule has 0 spiro atoms. The molecular formula is C11H9NO2S. The lowest BCUT2D eigenvalue weighted by atomic mass is 10.2. The Morgan fingerprint density at radius 2 is 2.13 bits per heavy atom. The maximum atomic E-state index is 11.7. The number of ether oxygens (including phenoxy) is 1. The molecule has 0 aliphatic rings. The second kappa shape index (κ2) is 3.82. The summed E-state index contributed by atoms with van der Waals surface area (Å²) in [6.45, 7) is 0. The van der Waals surface area contributed by atoms with E-state index in [1.165, 1.54) is 13.2 Å². The number of fused-ring (bicyclic) bond motifs is 1. The largest absolute Gasteiger partial charge is 0.485 e. The van der Waals surface area contributed by atoms with Gasteiger partial charge >= 0.3 is 0 Å². The fourth-order valence-corrected chi connectivity index (χ4v) is 1.53. The monoisotopic (exact) mass is 219 g/mol. The molecule has 0 saturated carbocycles. The summed E-state index contributed by atoms with van der Waals surface area (Å²) in [4.78, 5) is 14.7. The molecule has 2 aromatic rings. The molecule has 2 rings (SSSR count). The Hall–Kier alpha value is -1.68. The van der Waals surface area contributed by atoms with Crippen molar-refractivity contribution in [3.05, 3.63) is 46.2 Å². The van der Waals surface area contributed by atoms with Crippen LogP contribution in [-0.4, -0.2) is 17.1 Å². The van der Waals surface area contributed by atoms with Crippen molar-refractivity contribution in [2.45, 2.75) is 0 Å². The number of thiocarbonyl (C=S) groups is 1. The highest BCUT2D eigenvalue weighted by atomic mass is 32.1. The minimum atomic E-state index is -0.0567. The summed E-state index contributed by atoms with van der Waals surface area (Å²) in [6.07, 6.45) is 0. The number of hydrogen-bond acceptors (Lipinski definition) is 3. The molecule has 1 aromatic heterocycles. The van der Waals surface area contributed by atoms with Crippen LogP contribution in [0.3, 0.4) is 0 Å². The van der Waals surface area contributed by atoms with E-state index in [9.17, 15) is 4.79 Å². The van der Waals surface area contributed by atoms with E-state index >= 15 is 0 Å². The summed E-state index contributed by atoms with van der Waals surface area (Å²) in [5.74, 6) is 0. The van der Waals surface area contributed by atoms with E-state index in [1.54, 1.807) is 6.07 Å². The standard InChI is InChI=1S/C11H9NO2S/c1-14-11(15)9-6-10(13)7-4-2-3-5-8(7)12-9/h2-6H,1H3,(H,12,13). The molecule has 1 heterocycles. The van der Waals surface area contributed by atoms with Gasteiger partial charge in [-0.1, -0.05) is 12.1 Å². The summed E-state index contributed by atoms with van der Waals surface area (Å²) in [5.41, 5.74) is 1.24. The number of para-hydroxylation sites is 1. The zero-order chi connectivity index (χ0) is 10.8. The number of benzene rings is 1. The summed E-state index contributed by atoms with van der Waals surface area (Å²) < 4.78 is 4.90. The van der Waals surface area contributed by atoms with Crippen LogP contribution >= 0.6 is 12.2 Å². The third-order valence-electron chi connectivity index (χ3n) is 2.14. The summed E-state index contributed by atoms with van der Waals surface area (Å²) in [7, 11) is 1.48. The van der Waals surface area contributed by atoms with Crippen LogP contribution in [0.4, 0.5) is 0 Å². The minimum Gasteiger partial charge on any atom is -0.485 e. The molecule has 0 aliphatic carbocycles. The Morgan fingerprint density at radius 3 is 2.87 bits per heavy atom. The van der Waals surface area contributed by atoms with Crippen LogP contribution in [0, 0.1) is 0 Å². The van der Waals surface area contributed by atoms with Crippen molar-refractivity contribution >= 4 is 28.2 Å². The molecule has 0 amide bonds. The van der Waals surface area contributed by atoms with Crippen LogP contribution in [0.1, 0.15) is 5.69 Å². The average molecular weight is 219 g/mol. The summed E-state index contributed by atoms with van der Waals surface area (Å²) >= 11 is 4.95. The zero-order valence-electron chi connectivity index (χ0n) is 8.11. The summed E-state index contributed by atoms with van der Waals surface area (Å²) in [6, 6.07) is 8.74. The highest BCUT2D eigenvalue weighted by Crippen LogP contribution is 2.08. The third-order valence-corrected chi connectivity index (χ3v) is 2.53. The SMILES string of the molecule is COC(=S)c1cc(=O)c2ccccc2[nH]1. The number of pyridine rings is 1. The van der Waals surface area contributed by atoms with Gasteiger partial charge in [0.25, 0.3) is 0 Å². The first-order valence-corrected chi connectivity index (χ1v) is 4.83. The van der Waals surface area contributed by atoms with Gasteiger partial charge in [0.15, 0.2) is 5.43 Å². The lowest BCUT2D eigenvalue weighted by molar-refractivity contribution is 0.414. The number of hydrogen-bond donors (Lipinski definition) is 1. The number of nitrogens with one attached hydrogen (secondary N) is 1. The normalized spacial score (nSPS) is 10.2. The molecule has 15 heavy (non-hydrogen) atoms. The predicted octanol–water partition coefficient (Wildman–Crippen LogP) is 1.85. The topological polar surface area (TPSA) is 42.1 Å². The molecule has 3 nitrogen and oxygen atoms in total. The van der Waals surface area contributed by atoms with Crippen molar-refractivity contribution in [2.75, 3.05) is 7.11 Å². The molecule has 4 heteroatoms. The smallest absolute Gasteiger partial charge is 0.207 e. The van der Waals surface area contributed by atoms with Gasteiger partial charge in [0.2, 0.25) is 5.05 Å². The van der Waals surface area contributed by atoms with Gasteiger partial charge in [-0.05, 0) is 24.4 Å². The molecule has 0 saturated heterocycles. The van der Waals surface area contributed by atoms with E-state index in [4.69, 9.17) is 17.0 Å². The van der Waals surface area contributed by atoms with E-state index in [2.05, 4.69) is 4.98 Å². The number of aromatic amines is 1. The Kier molecular flexibility index (Phi) is 2.51. The first-order valence-electron chi connectivity index (χ1n) is 4.43. The van der Waals surface area contributed by atoms with Crippen molar-refractivity contribution in [3.63, 3.8) is 0 Å². The Bertz CT molecular complexity index is 574. The van der Waals surface area contributed by atoms with Gasteiger partial charge in [-0.15, -0.1) is 0 Å². The van der Waals surface area contributed by atoms with E-state index in [0.29, 0.717) is 11.1 Å². The Morgan fingerprint density at radius 1 is 1.40 bits per heavy atom. The van der Waals surface area contributed by atoms with Gasteiger partial charge in [0.1, 0.15) is 0 Å². The second-order valence-corrected chi connectivity index (χ2v) is 3.46. The molecule has 76 valence electrons. The Labute approximate surface area is 91.7 Å². The van der Waals surface area contributed by atoms with Crippen molar-refractivity contribution in [3.8, 4) is 0 Å². The van der Waals surface area contributed by atoms with Gasteiger partial charge < -0.3 is 9.72 Å². The molecule has 0 unspecified atom stereocenters.